The highest BCUT2D eigenvalue weighted by atomic mass is 16.5. The van der Waals surface area contributed by atoms with Crippen molar-refractivity contribution in [1.82, 2.24) is 0 Å². The van der Waals surface area contributed by atoms with Gasteiger partial charge in [-0.2, -0.15) is 5.26 Å². The molecule has 0 saturated heterocycles. The highest BCUT2D eigenvalue weighted by Gasteiger charge is 2.08. The second-order valence-corrected chi connectivity index (χ2v) is 6.22. The summed E-state index contributed by atoms with van der Waals surface area (Å²) < 4.78 is 5.21. The van der Waals surface area contributed by atoms with Crippen molar-refractivity contribution in [1.29, 1.82) is 5.26 Å². The molecule has 0 spiro atoms. The van der Waals surface area contributed by atoms with Gasteiger partial charge in [-0.15, -0.1) is 0 Å². The number of esters is 1. The molecule has 0 bridgehead atoms. The number of carbonyl (C=O) groups excluding carboxylic acids is 1. The van der Waals surface area contributed by atoms with Crippen LogP contribution in [0.15, 0.2) is 109 Å². The monoisotopic (exact) mass is 387 g/mol. The molecule has 142 valence electrons. The molecule has 3 aromatic rings. The fourth-order valence-corrected chi connectivity index (χ4v) is 2.81. The standard InChI is InChI=1S/C27H17NO2/c1-3-5-6-26(30-27(29)4-2)25-17-15-24(16-18-25)23-13-11-22(12-14-23)21-9-7-20(19-28)8-10-21/h4,7-18H,1-2H2. The lowest BCUT2D eigenvalue weighted by Gasteiger charge is -2.08. The van der Waals surface area contributed by atoms with Crippen LogP contribution in [0, 0.1) is 11.3 Å². The van der Waals surface area contributed by atoms with Gasteiger partial charge in [0.2, 0.25) is 0 Å². The quantitative estimate of drug-likeness (QED) is 0.231. The van der Waals surface area contributed by atoms with Crippen LogP contribution in [0.2, 0.25) is 0 Å². The Morgan fingerprint density at radius 1 is 0.833 bits per heavy atom. The Kier molecular flexibility index (Phi) is 6.44. The molecule has 0 atom stereocenters. The normalized spacial score (nSPS) is 9.30. The zero-order valence-electron chi connectivity index (χ0n) is 16.2. The van der Waals surface area contributed by atoms with Crippen molar-refractivity contribution < 1.29 is 9.53 Å². The van der Waals surface area contributed by atoms with Crippen LogP contribution in [0.25, 0.3) is 28.0 Å². The summed E-state index contributed by atoms with van der Waals surface area (Å²) in [6.45, 7) is 6.83. The first-order valence-electron chi connectivity index (χ1n) is 9.10. The summed E-state index contributed by atoms with van der Waals surface area (Å²) in [6, 6.07) is 25.3. The van der Waals surface area contributed by atoms with E-state index in [0.29, 0.717) is 11.1 Å². The van der Waals surface area contributed by atoms with Crippen LogP contribution in [0.3, 0.4) is 0 Å². The van der Waals surface area contributed by atoms with E-state index in [2.05, 4.69) is 36.4 Å². The first-order valence-corrected chi connectivity index (χ1v) is 9.10. The van der Waals surface area contributed by atoms with Crippen LogP contribution in [-0.4, -0.2) is 5.97 Å². The van der Waals surface area contributed by atoms with Gasteiger partial charge in [-0.05, 0) is 64.6 Å². The molecule has 0 N–H and O–H groups in total. The molecule has 0 aliphatic heterocycles. The van der Waals surface area contributed by atoms with Crippen molar-refractivity contribution in [3.63, 3.8) is 0 Å². The molecule has 3 nitrogen and oxygen atoms in total. The van der Waals surface area contributed by atoms with E-state index in [9.17, 15) is 4.79 Å². The Balaban J connectivity index is 1.85. The lowest BCUT2D eigenvalue weighted by atomic mass is 9.99. The lowest BCUT2D eigenvalue weighted by Crippen LogP contribution is -1.99. The van der Waals surface area contributed by atoms with E-state index in [1.165, 1.54) is 0 Å². The maximum atomic E-state index is 11.6. The van der Waals surface area contributed by atoms with Gasteiger partial charge in [-0.1, -0.05) is 60.8 Å². The number of hydrogen-bond donors (Lipinski definition) is 0. The van der Waals surface area contributed by atoms with Gasteiger partial charge < -0.3 is 4.74 Å². The molecule has 0 aliphatic carbocycles. The maximum absolute atomic E-state index is 11.6. The second-order valence-electron chi connectivity index (χ2n) is 6.22. The molecule has 3 heteroatoms. The minimum atomic E-state index is -0.578. The summed E-state index contributed by atoms with van der Waals surface area (Å²) in [5.41, 5.74) is 13.3. The number of nitriles is 1. The highest BCUT2D eigenvalue weighted by molar-refractivity contribution is 5.86. The molecule has 0 fully saturated rings. The number of hydrogen-bond acceptors (Lipinski definition) is 3. The third-order valence-corrected chi connectivity index (χ3v) is 4.35. The van der Waals surface area contributed by atoms with Gasteiger partial charge in [0.05, 0.1) is 11.6 Å². The Hall–Kier alpha value is -4.56. The van der Waals surface area contributed by atoms with Gasteiger partial charge in [0.1, 0.15) is 0 Å². The van der Waals surface area contributed by atoms with Gasteiger partial charge in [-0.25, -0.2) is 4.79 Å². The van der Waals surface area contributed by atoms with E-state index in [1.54, 1.807) is 0 Å². The third-order valence-electron chi connectivity index (χ3n) is 4.35. The Morgan fingerprint density at radius 3 is 1.73 bits per heavy atom. The summed E-state index contributed by atoms with van der Waals surface area (Å²) in [5, 5.41) is 8.92. The number of rotatable bonds is 5. The van der Waals surface area contributed by atoms with Gasteiger partial charge in [0.25, 0.3) is 0 Å². The van der Waals surface area contributed by atoms with Crippen molar-refractivity contribution in [2.45, 2.75) is 0 Å². The first kappa shape index (κ1) is 20.2. The van der Waals surface area contributed by atoms with Crippen molar-refractivity contribution in [2.24, 2.45) is 0 Å². The summed E-state index contributed by atoms with van der Waals surface area (Å²) in [6.07, 6.45) is 1.09. The van der Waals surface area contributed by atoms with Crippen molar-refractivity contribution in [2.75, 3.05) is 0 Å². The van der Waals surface area contributed by atoms with Crippen molar-refractivity contribution >= 4 is 11.7 Å². The molecule has 0 radical (unpaired) electrons. The molecule has 3 rings (SSSR count). The summed E-state index contributed by atoms with van der Waals surface area (Å²) in [7, 11) is 0. The molecular formula is C27H17NO2. The highest BCUT2D eigenvalue weighted by Crippen LogP contribution is 2.26. The minimum absolute atomic E-state index is 0.221. The molecule has 0 unspecified atom stereocenters. The summed E-state index contributed by atoms with van der Waals surface area (Å²) >= 11 is 0. The summed E-state index contributed by atoms with van der Waals surface area (Å²) in [4.78, 5) is 11.6. The summed E-state index contributed by atoms with van der Waals surface area (Å²) in [5.74, 6) is -0.357. The average molecular weight is 387 g/mol. The largest absolute Gasteiger partial charge is 0.413 e. The van der Waals surface area contributed by atoms with Crippen LogP contribution >= 0.6 is 0 Å². The Morgan fingerprint density at radius 2 is 1.30 bits per heavy atom. The van der Waals surface area contributed by atoms with E-state index in [1.807, 2.05) is 72.8 Å². The van der Waals surface area contributed by atoms with E-state index < -0.39 is 5.97 Å². The van der Waals surface area contributed by atoms with Gasteiger partial charge >= 0.3 is 5.97 Å². The van der Waals surface area contributed by atoms with Gasteiger partial charge in [0.15, 0.2) is 5.76 Å². The van der Waals surface area contributed by atoms with Crippen LogP contribution in [-0.2, 0) is 9.53 Å². The number of benzene rings is 3. The van der Waals surface area contributed by atoms with Crippen LogP contribution < -0.4 is 0 Å². The number of nitrogens with zero attached hydrogens (tertiary/aromatic N) is 1. The average Bonchev–Trinajstić information content (AvgIpc) is 2.82. The zero-order chi connectivity index (χ0) is 21.3. The maximum Gasteiger partial charge on any atom is 0.336 e. The van der Waals surface area contributed by atoms with Crippen molar-refractivity contribution in [3.05, 3.63) is 120 Å². The van der Waals surface area contributed by atoms with Gasteiger partial charge in [0, 0.05) is 11.6 Å². The second kappa shape index (κ2) is 9.58. The fraction of sp³-hybridized carbons (Fsp3) is 0. The molecule has 0 amide bonds. The van der Waals surface area contributed by atoms with Crippen LogP contribution in [0.1, 0.15) is 11.1 Å². The first-order chi connectivity index (χ1) is 14.6. The SMILES string of the molecule is C=C=C=C=C(OC(=O)C=C)c1ccc(-c2ccc(-c3ccc(C#N)cc3)cc2)cc1. The predicted molar refractivity (Wildman–Crippen MR) is 118 cm³/mol. The molecule has 0 aromatic heterocycles. The number of carbonyl (C=O) groups is 1. The van der Waals surface area contributed by atoms with Gasteiger partial charge in [-0.3, -0.25) is 0 Å². The van der Waals surface area contributed by atoms with Crippen molar-refractivity contribution in [3.8, 4) is 28.3 Å². The topological polar surface area (TPSA) is 50.1 Å². The minimum Gasteiger partial charge on any atom is -0.413 e. The van der Waals surface area contributed by atoms with Crippen LogP contribution in [0.5, 0.6) is 0 Å². The zero-order valence-corrected chi connectivity index (χ0v) is 16.2. The molecular weight excluding hydrogens is 370 g/mol. The molecule has 3 aromatic carbocycles. The molecule has 0 saturated carbocycles. The molecule has 0 aliphatic rings. The van der Waals surface area contributed by atoms with E-state index in [-0.39, 0.29) is 5.76 Å². The fourth-order valence-electron chi connectivity index (χ4n) is 2.81. The van der Waals surface area contributed by atoms with E-state index in [4.69, 9.17) is 10.00 Å². The van der Waals surface area contributed by atoms with Crippen LogP contribution in [0.4, 0.5) is 0 Å². The molecule has 0 heterocycles. The smallest absolute Gasteiger partial charge is 0.336 e. The lowest BCUT2D eigenvalue weighted by molar-refractivity contribution is -0.131. The third kappa shape index (κ3) is 4.83. The predicted octanol–water partition coefficient (Wildman–Crippen LogP) is 6.06. The number of ether oxygens (including phenoxy) is 1. The molecule has 30 heavy (non-hydrogen) atoms. The Labute approximate surface area is 175 Å². The van der Waals surface area contributed by atoms with E-state index in [0.717, 1.165) is 28.3 Å². The van der Waals surface area contributed by atoms with E-state index >= 15 is 0 Å². The Bertz CT molecular complexity index is 1240.